The number of hydrogen-bond donors (Lipinski definition) is 0. The highest BCUT2D eigenvalue weighted by Gasteiger charge is 2.33. The number of fused-ring (bicyclic) bond motifs is 1. The van der Waals surface area contributed by atoms with Crippen molar-refractivity contribution in [1.29, 1.82) is 0 Å². The van der Waals surface area contributed by atoms with Crippen LogP contribution in [0, 0.1) is 11.8 Å². The Labute approximate surface area is 78.3 Å². The average Bonchev–Trinajstić information content (AvgIpc) is 2.63. The summed E-state index contributed by atoms with van der Waals surface area (Å²) < 4.78 is 4.76. The molecule has 0 aromatic rings. The first kappa shape index (κ1) is 8.54. The molecule has 0 aromatic heterocycles. The van der Waals surface area contributed by atoms with Gasteiger partial charge in [-0.25, -0.2) is 4.79 Å². The van der Waals surface area contributed by atoms with E-state index in [0.29, 0.717) is 11.8 Å². The topological polar surface area (TPSA) is 26.3 Å². The number of allylic oxidation sites excluding steroid dienone is 3. The molecule has 1 fully saturated rings. The van der Waals surface area contributed by atoms with E-state index >= 15 is 0 Å². The standard InChI is InChI=1S/C11H14O2/c1-13-11(12)10-7-3-5-8-4-2-6-9(8)10/h3,5,7-9H,2,4,6H2,1H3/t8-,9-/m0/s1. The zero-order chi connectivity index (χ0) is 9.26. The molecule has 70 valence electrons. The molecule has 0 bridgehead atoms. The fraction of sp³-hybridized carbons (Fsp3) is 0.545. The van der Waals surface area contributed by atoms with E-state index in [-0.39, 0.29) is 5.97 Å². The summed E-state index contributed by atoms with van der Waals surface area (Å²) in [4.78, 5) is 11.4. The van der Waals surface area contributed by atoms with Crippen LogP contribution in [0.25, 0.3) is 0 Å². The molecule has 2 rings (SSSR count). The molecule has 0 N–H and O–H groups in total. The maximum atomic E-state index is 11.4. The summed E-state index contributed by atoms with van der Waals surface area (Å²) in [6.45, 7) is 0. The lowest BCUT2D eigenvalue weighted by Crippen LogP contribution is -2.19. The molecule has 0 spiro atoms. The van der Waals surface area contributed by atoms with E-state index in [2.05, 4.69) is 6.08 Å². The number of esters is 1. The fourth-order valence-electron chi connectivity index (χ4n) is 2.37. The van der Waals surface area contributed by atoms with Crippen molar-refractivity contribution < 1.29 is 9.53 Å². The van der Waals surface area contributed by atoms with Crippen LogP contribution in [-0.4, -0.2) is 13.1 Å². The van der Waals surface area contributed by atoms with Crippen LogP contribution in [0.2, 0.25) is 0 Å². The van der Waals surface area contributed by atoms with E-state index < -0.39 is 0 Å². The lowest BCUT2D eigenvalue weighted by Gasteiger charge is -2.20. The minimum Gasteiger partial charge on any atom is -0.466 e. The van der Waals surface area contributed by atoms with Gasteiger partial charge in [-0.1, -0.05) is 24.6 Å². The Bertz CT molecular complexity index is 276. The van der Waals surface area contributed by atoms with Crippen LogP contribution < -0.4 is 0 Å². The third-order valence-corrected chi connectivity index (χ3v) is 3.02. The Morgan fingerprint density at radius 2 is 2.38 bits per heavy atom. The van der Waals surface area contributed by atoms with Crippen molar-refractivity contribution in [3.05, 3.63) is 23.8 Å². The second-order valence-corrected chi connectivity index (χ2v) is 3.70. The molecule has 0 aromatic carbocycles. The molecule has 0 heterocycles. The summed E-state index contributed by atoms with van der Waals surface area (Å²) >= 11 is 0. The highest BCUT2D eigenvalue weighted by Crippen LogP contribution is 2.40. The molecule has 2 aliphatic rings. The molecule has 2 atom stereocenters. The van der Waals surface area contributed by atoms with Gasteiger partial charge in [0.2, 0.25) is 0 Å². The zero-order valence-corrected chi connectivity index (χ0v) is 7.82. The van der Waals surface area contributed by atoms with Gasteiger partial charge in [-0.3, -0.25) is 0 Å². The average molecular weight is 178 g/mol. The van der Waals surface area contributed by atoms with Crippen LogP contribution in [0.15, 0.2) is 23.8 Å². The molecule has 2 nitrogen and oxygen atoms in total. The summed E-state index contributed by atoms with van der Waals surface area (Å²) in [7, 11) is 1.45. The van der Waals surface area contributed by atoms with Crippen molar-refractivity contribution in [3.8, 4) is 0 Å². The van der Waals surface area contributed by atoms with Crippen LogP contribution in [0.4, 0.5) is 0 Å². The number of methoxy groups -OCH3 is 1. The molecule has 0 unspecified atom stereocenters. The Morgan fingerprint density at radius 3 is 3.15 bits per heavy atom. The molecule has 0 amide bonds. The van der Waals surface area contributed by atoms with Crippen molar-refractivity contribution in [3.63, 3.8) is 0 Å². The highest BCUT2D eigenvalue weighted by atomic mass is 16.5. The van der Waals surface area contributed by atoms with Crippen molar-refractivity contribution in [2.75, 3.05) is 7.11 Å². The second-order valence-electron chi connectivity index (χ2n) is 3.70. The van der Waals surface area contributed by atoms with Crippen molar-refractivity contribution in [1.82, 2.24) is 0 Å². The fourth-order valence-corrected chi connectivity index (χ4v) is 2.37. The second kappa shape index (κ2) is 3.36. The van der Waals surface area contributed by atoms with E-state index in [4.69, 9.17) is 4.74 Å². The molecule has 2 aliphatic carbocycles. The van der Waals surface area contributed by atoms with E-state index in [1.54, 1.807) is 0 Å². The third kappa shape index (κ3) is 1.41. The van der Waals surface area contributed by atoms with Crippen molar-refractivity contribution in [2.24, 2.45) is 11.8 Å². The van der Waals surface area contributed by atoms with Crippen LogP contribution in [0.5, 0.6) is 0 Å². The van der Waals surface area contributed by atoms with E-state index in [1.807, 2.05) is 12.2 Å². The number of carbonyl (C=O) groups excluding carboxylic acids is 1. The zero-order valence-electron chi connectivity index (χ0n) is 7.82. The van der Waals surface area contributed by atoms with Crippen LogP contribution in [0.1, 0.15) is 19.3 Å². The van der Waals surface area contributed by atoms with Gasteiger partial charge in [0.25, 0.3) is 0 Å². The molecule has 0 radical (unpaired) electrons. The van der Waals surface area contributed by atoms with E-state index in [1.165, 1.54) is 20.0 Å². The van der Waals surface area contributed by atoms with Gasteiger partial charge in [0.05, 0.1) is 7.11 Å². The highest BCUT2D eigenvalue weighted by molar-refractivity contribution is 5.89. The maximum absolute atomic E-state index is 11.4. The van der Waals surface area contributed by atoms with Gasteiger partial charge in [-0.15, -0.1) is 0 Å². The maximum Gasteiger partial charge on any atom is 0.334 e. The predicted molar refractivity (Wildman–Crippen MR) is 50.1 cm³/mol. The first-order valence-corrected chi connectivity index (χ1v) is 4.79. The third-order valence-electron chi connectivity index (χ3n) is 3.02. The normalized spacial score (nSPS) is 31.0. The molecular weight excluding hydrogens is 164 g/mol. The minimum absolute atomic E-state index is 0.152. The number of ether oxygens (including phenoxy) is 1. The van der Waals surface area contributed by atoms with Gasteiger partial charge >= 0.3 is 5.97 Å². The van der Waals surface area contributed by atoms with E-state index in [0.717, 1.165) is 12.0 Å². The molecule has 0 saturated heterocycles. The largest absolute Gasteiger partial charge is 0.466 e. The predicted octanol–water partition coefficient (Wildman–Crippen LogP) is 2.07. The van der Waals surface area contributed by atoms with Gasteiger partial charge in [-0.05, 0) is 24.7 Å². The lowest BCUT2D eigenvalue weighted by molar-refractivity contribution is -0.136. The Balaban J connectivity index is 2.22. The number of carbonyl (C=O) groups is 1. The number of rotatable bonds is 1. The Kier molecular flexibility index (Phi) is 2.21. The smallest absolute Gasteiger partial charge is 0.334 e. The van der Waals surface area contributed by atoms with Crippen LogP contribution >= 0.6 is 0 Å². The summed E-state index contributed by atoms with van der Waals surface area (Å²) in [6.07, 6.45) is 9.68. The van der Waals surface area contributed by atoms with Gasteiger partial charge in [0.15, 0.2) is 0 Å². The molecular formula is C11H14O2. The Hall–Kier alpha value is -1.05. The molecule has 0 aliphatic heterocycles. The van der Waals surface area contributed by atoms with Crippen molar-refractivity contribution >= 4 is 5.97 Å². The SMILES string of the molecule is COC(=O)C1=CC=C[C@@H]2CCC[C@H]12. The lowest BCUT2D eigenvalue weighted by atomic mass is 9.85. The monoisotopic (exact) mass is 178 g/mol. The summed E-state index contributed by atoms with van der Waals surface area (Å²) in [6, 6.07) is 0. The first-order valence-electron chi connectivity index (χ1n) is 4.79. The number of hydrogen-bond acceptors (Lipinski definition) is 2. The van der Waals surface area contributed by atoms with Gasteiger partial charge in [0.1, 0.15) is 0 Å². The molecule has 13 heavy (non-hydrogen) atoms. The Morgan fingerprint density at radius 1 is 1.54 bits per heavy atom. The van der Waals surface area contributed by atoms with Crippen LogP contribution in [0.3, 0.4) is 0 Å². The van der Waals surface area contributed by atoms with Gasteiger partial charge < -0.3 is 4.74 Å². The van der Waals surface area contributed by atoms with E-state index in [9.17, 15) is 4.79 Å². The summed E-state index contributed by atoms with van der Waals surface area (Å²) in [5.74, 6) is 0.859. The van der Waals surface area contributed by atoms with Crippen molar-refractivity contribution in [2.45, 2.75) is 19.3 Å². The molecule has 1 saturated carbocycles. The van der Waals surface area contributed by atoms with Gasteiger partial charge in [-0.2, -0.15) is 0 Å². The van der Waals surface area contributed by atoms with Gasteiger partial charge in [0, 0.05) is 5.57 Å². The quantitative estimate of drug-likeness (QED) is 0.574. The minimum atomic E-state index is -0.152. The first-order chi connectivity index (χ1) is 6.33. The van der Waals surface area contributed by atoms with Crippen LogP contribution in [-0.2, 0) is 9.53 Å². The summed E-state index contributed by atoms with van der Waals surface area (Å²) in [5.41, 5.74) is 0.868. The molecule has 2 heteroatoms. The summed E-state index contributed by atoms with van der Waals surface area (Å²) in [5, 5.41) is 0.